The molecule has 1 heterocycles. The number of halogens is 5. The number of amides is 1. The van der Waals surface area contributed by atoms with Crippen LogP contribution in [0, 0.1) is 0 Å². The molecule has 0 bridgehead atoms. The van der Waals surface area contributed by atoms with Crippen LogP contribution in [-0.2, 0) is 17.5 Å². The molecule has 1 amide bonds. The second kappa shape index (κ2) is 7.63. The van der Waals surface area contributed by atoms with Crippen LogP contribution in [0.2, 0.25) is 10.0 Å². The van der Waals surface area contributed by atoms with E-state index in [1.165, 1.54) is 36.4 Å². The van der Waals surface area contributed by atoms with E-state index in [0.717, 1.165) is 4.57 Å². The van der Waals surface area contributed by atoms with Crippen LogP contribution in [-0.4, -0.2) is 22.3 Å². The molecule has 0 saturated heterocycles. The van der Waals surface area contributed by atoms with E-state index in [-0.39, 0.29) is 28.5 Å². The maximum Gasteiger partial charge on any atom is 0.432 e. The van der Waals surface area contributed by atoms with Crippen LogP contribution < -0.4 is 5.32 Å². The third-order valence-corrected chi connectivity index (χ3v) is 5.52. The van der Waals surface area contributed by atoms with E-state index in [1.807, 2.05) is 0 Å². The van der Waals surface area contributed by atoms with Crippen molar-refractivity contribution in [3.8, 4) is 0 Å². The van der Waals surface area contributed by atoms with Crippen molar-refractivity contribution in [2.75, 3.05) is 0 Å². The molecule has 0 radical (unpaired) electrons. The lowest BCUT2D eigenvalue weighted by atomic mass is 10.1. The van der Waals surface area contributed by atoms with Crippen molar-refractivity contribution in [2.24, 2.45) is 0 Å². The smallest absolute Gasteiger partial charge is 0.346 e. The second-order valence-electron chi connectivity index (χ2n) is 7.14. The molecule has 3 aromatic rings. The number of alkyl halides is 3. The van der Waals surface area contributed by atoms with Crippen molar-refractivity contribution in [1.29, 1.82) is 0 Å². The highest BCUT2D eigenvalue weighted by molar-refractivity contribution is 6.45. The molecule has 1 aliphatic rings. The van der Waals surface area contributed by atoms with Crippen LogP contribution in [0.25, 0.3) is 10.9 Å². The van der Waals surface area contributed by atoms with Gasteiger partial charge in [-0.05, 0) is 36.6 Å². The Kier molecular flexibility index (Phi) is 5.28. The number of hydrogen-bond donors (Lipinski definition) is 1. The molecule has 0 spiro atoms. The van der Waals surface area contributed by atoms with E-state index < -0.39 is 29.1 Å². The number of carbonyl (C=O) groups excluding carboxylic acids is 2. The fourth-order valence-corrected chi connectivity index (χ4v) is 3.87. The number of carbonyl (C=O) groups is 2. The Balaban J connectivity index is 1.91. The standard InChI is InChI=1S/C21H15Cl2F3N2O2/c22-12-6-5-11(15(23)9-12)10-28-16-4-2-1-3-14(16)17(19(28)21(24,25)26)18(29)20(30)27-13-7-8-13/h1-6,9,13H,7-8,10H2,(H,27,30). The number of ketones is 1. The zero-order valence-electron chi connectivity index (χ0n) is 15.4. The van der Waals surface area contributed by atoms with Crippen molar-refractivity contribution in [2.45, 2.75) is 31.6 Å². The first-order valence-corrected chi connectivity index (χ1v) is 9.90. The first kappa shape index (κ1) is 20.8. The topological polar surface area (TPSA) is 51.1 Å². The molecule has 156 valence electrons. The van der Waals surface area contributed by atoms with Crippen molar-refractivity contribution in [3.63, 3.8) is 0 Å². The quantitative estimate of drug-likeness (QED) is 0.410. The highest BCUT2D eigenvalue weighted by Gasteiger charge is 2.43. The van der Waals surface area contributed by atoms with Gasteiger partial charge in [-0.2, -0.15) is 13.2 Å². The highest BCUT2D eigenvalue weighted by Crippen LogP contribution is 2.39. The molecule has 0 unspecified atom stereocenters. The second-order valence-corrected chi connectivity index (χ2v) is 7.98. The van der Waals surface area contributed by atoms with Crippen molar-refractivity contribution in [3.05, 3.63) is 69.3 Å². The summed E-state index contributed by atoms with van der Waals surface area (Å²) in [6.07, 6.45) is -3.45. The largest absolute Gasteiger partial charge is 0.432 e. The van der Waals surface area contributed by atoms with Gasteiger partial charge in [0.15, 0.2) is 0 Å². The Morgan fingerprint density at radius 1 is 1.10 bits per heavy atom. The summed E-state index contributed by atoms with van der Waals surface area (Å²) in [5.41, 5.74) is -1.25. The number of rotatable bonds is 5. The Bertz CT molecular complexity index is 1170. The third-order valence-electron chi connectivity index (χ3n) is 4.93. The summed E-state index contributed by atoms with van der Waals surface area (Å²) in [5, 5.41) is 3.08. The summed E-state index contributed by atoms with van der Waals surface area (Å²) >= 11 is 12.1. The predicted molar refractivity (Wildman–Crippen MR) is 108 cm³/mol. The van der Waals surface area contributed by atoms with Crippen molar-refractivity contribution < 1.29 is 22.8 Å². The van der Waals surface area contributed by atoms with Crippen molar-refractivity contribution in [1.82, 2.24) is 9.88 Å². The molecule has 1 aromatic heterocycles. The summed E-state index contributed by atoms with van der Waals surface area (Å²) < 4.78 is 43.4. The summed E-state index contributed by atoms with van der Waals surface area (Å²) in [5.74, 6) is -2.23. The van der Waals surface area contributed by atoms with E-state index in [4.69, 9.17) is 23.2 Å². The average molecular weight is 455 g/mol. The van der Waals surface area contributed by atoms with Crippen LogP contribution in [0.4, 0.5) is 13.2 Å². The van der Waals surface area contributed by atoms with E-state index in [1.54, 1.807) is 6.07 Å². The average Bonchev–Trinajstić information content (AvgIpc) is 3.42. The molecular weight excluding hydrogens is 440 g/mol. The van der Waals surface area contributed by atoms with Gasteiger partial charge in [-0.1, -0.05) is 47.5 Å². The molecule has 1 N–H and O–H groups in total. The lowest BCUT2D eigenvalue weighted by Gasteiger charge is -2.15. The van der Waals surface area contributed by atoms with Gasteiger partial charge in [0.25, 0.3) is 11.7 Å². The Morgan fingerprint density at radius 3 is 2.43 bits per heavy atom. The number of hydrogen-bond acceptors (Lipinski definition) is 2. The van der Waals surface area contributed by atoms with Gasteiger partial charge >= 0.3 is 6.18 Å². The van der Waals surface area contributed by atoms with Crippen LogP contribution in [0.5, 0.6) is 0 Å². The number of aromatic nitrogens is 1. The molecule has 4 nitrogen and oxygen atoms in total. The zero-order chi connectivity index (χ0) is 21.6. The molecule has 30 heavy (non-hydrogen) atoms. The maximum atomic E-state index is 14.2. The Hall–Kier alpha value is -2.51. The number of nitrogens with one attached hydrogen (secondary N) is 1. The van der Waals surface area contributed by atoms with E-state index >= 15 is 0 Å². The normalized spacial score (nSPS) is 14.2. The lowest BCUT2D eigenvalue weighted by molar-refractivity contribution is -0.143. The van der Waals surface area contributed by atoms with Gasteiger partial charge in [0, 0.05) is 33.5 Å². The molecule has 1 fully saturated rings. The molecular formula is C21H15Cl2F3N2O2. The highest BCUT2D eigenvalue weighted by atomic mass is 35.5. The van der Waals surface area contributed by atoms with Crippen molar-refractivity contribution >= 4 is 45.8 Å². The molecule has 0 atom stereocenters. The Labute approximate surface area is 179 Å². The third kappa shape index (κ3) is 3.91. The summed E-state index contributed by atoms with van der Waals surface area (Å²) in [4.78, 5) is 25.1. The predicted octanol–water partition coefficient (Wildman–Crippen LogP) is 5.48. The van der Waals surface area contributed by atoms with Crippen LogP contribution in [0.1, 0.15) is 34.5 Å². The molecule has 0 aliphatic heterocycles. The minimum atomic E-state index is -4.87. The van der Waals surface area contributed by atoms with Gasteiger partial charge in [-0.25, -0.2) is 0 Å². The summed E-state index contributed by atoms with van der Waals surface area (Å²) in [6.45, 7) is -0.247. The minimum absolute atomic E-state index is 0.0610. The number of benzene rings is 2. The lowest BCUT2D eigenvalue weighted by Crippen LogP contribution is -2.34. The maximum absolute atomic E-state index is 14.2. The first-order valence-electron chi connectivity index (χ1n) is 9.14. The summed E-state index contributed by atoms with van der Waals surface area (Å²) in [7, 11) is 0. The number of fused-ring (bicyclic) bond motifs is 1. The van der Waals surface area contributed by atoms with Gasteiger partial charge in [0.2, 0.25) is 0 Å². The van der Waals surface area contributed by atoms with Crippen LogP contribution in [0.15, 0.2) is 42.5 Å². The number of para-hydroxylation sites is 1. The molecule has 9 heteroatoms. The minimum Gasteiger partial charge on any atom is -0.346 e. The fourth-order valence-electron chi connectivity index (χ4n) is 3.40. The monoisotopic (exact) mass is 454 g/mol. The van der Waals surface area contributed by atoms with Gasteiger partial charge in [0.1, 0.15) is 5.69 Å². The van der Waals surface area contributed by atoms with Gasteiger partial charge in [0.05, 0.1) is 5.56 Å². The van der Waals surface area contributed by atoms with Gasteiger partial charge < -0.3 is 9.88 Å². The molecule has 1 saturated carbocycles. The van der Waals surface area contributed by atoms with Gasteiger partial charge in [-0.3, -0.25) is 9.59 Å². The van der Waals surface area contributed by atoms with E-state index in [9.17, 15) is 22.8 Å². The van der Waals surface area contributed by atoms with Crippen LogP contribution >= 0.6 is 23.2 Å². The zero-order valence-corrected chi connectivity index (χ0v) is 16.9. The molecule has 1 aliphatic carbocycles. The fraction of sp³-hybridized carbons (Fsp3) is 0.238. The number of Topliss-reactive ketones (excluding diaryl/α,β-unsaturated/α-hetero) is 1. The van der Waals surface area contributed by atoms with Crippen LogP contribution in [0.3, 0.4) is 0 Å². The molecule has 4 rings (SSSR count). The Morgan fingerprint density at radius 2 is 1.80 bits per heavy atom. The molecule has 2 aromatic carbocycles. The summed E-state index contributed by atoms with van der Waals surface area (Å²) in [6, 6.07) is 10.3. The SMILES string of the molecule is O=C(NC1CC1)C(=O)c1c(C(F)(F)F)n(Cc2ccc(Cl)cc2Cl)c2ccccc12. The van der Waals surface area contributed by atoms with E-state index in [0.29, 0.717) is 23.4 Å². The number of nitrogens with zero attached hydrogens (tertiary/aromatic N) is 1. The van der Waals surface area contributed by atoms with Gasteiger partial charge in [-0.15, -0.1) is 0 Å². The first-order chi connectivity index (χ1) is 14.2. The van der Waals surface area contributed by atoms with E-state index in [2.05, 4.69) is 5.32 Å².